The third-order valence-electron chi connectivity index (χ3n) is 13.3. The number of hydrogen-bond acceptors (Lipinski definition) is 11. The number of H-pyrrole nitrogens is 1. The smallest absolute Gasteiger partial charge is 0.268 e. The van der Waals surface area contributed by atoms with Crippen LogP contribution in [0.25, 0.3) is 16.6 Å². The van der Waals surface area contributed by atoms with Gasteiger partial charge in [0.2, 0.25) is 6.36 Å². The van der Waals surface area contributed by atoms with Crippen LogP contribution in [0.15, 0.2) is 95.7 Å². The monoisotopic (exact) mass is 921 g/mol. The summed E-state index contributed by atoms with van der Waals surface area (Å²) in [6.45, 7) is 10.9. The highest BCUT2D eigenvalue weighted by Gasteiger charge is 2.39. The number of ether oxygens (including phenoxy) is 3. The van der Waals surface area contributed by atoms with Crippen LogP contribution in [0.2, 0.25) is 5.02 Å². The summed E-state index contributed by atoms with van der Waals surface area (Å²) in [6, 6.07) is 22.8. The molecule has 1 amide bonds. The summed E-state index contributed by atoms with van der Waals surface area (Å²) in [5, 5.41) is 11.5. The Morgan fingerprint density at radius 3 is 2.52 bits per heavy atom. The standard InChI is InChI=1S/C49H53ClFN7O6S/c1-49(2)15-11-35(42(26-49)33-3-5-37(50)6-4-33)29-56-19-21-57(22-20-56)38-7-9-41(45(25-38)64-39-23-34-12-16-53-47(34)54-28-39)48(59)55-65(60,61)40-8-10-44(36(24-40)27-52)62-30-32-13-17-58(18-14-32)43-31-63-46(43)51/h3-10,12,16,23-25,28,32,43,46H,11,13-15,17-22,26,29-31H2,1-2H3,(H,53,54)(H,55,59). The Morgan fingerprint density at radius 2 is 1.80 bits per heavy atom. The second kappa shape index (κ2) is 18.8. The largest absolute Gasteiger partial charge is 0.492 e. The van der Waals surface area contributed by atoms with Gasteiger partial charge in [-0.05, 0) is 122 Å². The summed E-state index contributed by atoms with van der Waals surface area (Å²) in [5.41, 5.74) is 5.88. The fourth-order valence-electron chi connectivity index (χ4n) is 9.29. The van der Waals surface area contributed by atoms with Gasteiger partial charge in [0, 0.05) is 61.1 Å². The number of nitriles is 1. The van der Waals surface area contributed by atoms with E-state index in [1.807, 2.05) is 30.3 Å². The summed E-state index contributed by atoms with van der Waals surface area (Å²) in [5.74, 6) is 0.0754. The molecule has 3 aromatic carbocycles. The highest BCUT2D eigenvalue weighted by Crippen LogP contribution is 2.43. The van der Waals surface area contributed by atoms with E-state index in [-0.39, 0.29) is 44.9 Å². The number of aromatic nitrogens is 2. The summed E-state index contributed by atoms with van der Waals surface area (Å²) < 4.78 is 60.7. The summed E-state index contributed by atoms with van der Waals surface area (Å²) in [7, 11) is -4.45. The predicted octanol–water partition coefficient (Wildman–Crippen LogP) is 8.57. The molecule has 4 aliphatic rings. The minimum atomic E-state index is -4.45. The Hall–Kier alpha value is -5.50. The second-order valence-corrected chi connectivity index (χ2v) is 20.4. The maximum atomic E-state index is 14.0. The molecule has 0 spiro atoms. The van der Waals surface area contributed by atoms with E-state index in [2.05, 4.69) is 55.4 Å². The van der Waals surface area contributed by atoms with Gasteiger partial charge in [-0.1, -0.05) is 43.2 Å². The zero-order valence-corrected chi connectivity index (χ0v) is 38.1. The number of pyridine rings is 1. The number of likely N-dealkylation sites (tertiary alicyclic amines) is 1. The number of benzene rings is 3. The van der Waals surface area contributed by atoms with Gasteiger partial charge in [-0.2, -0.15) is 5.26 Å². The molecular weight excluding hydrogens is 869 g/mol. The Morgan fingerprint density at radius 1 is 1.02 bits per heavy atom. The van der Waals surface area contributed by atoms with Crippen molar-refractivity contribution >= 4 is 49.8 Å². The molecule has 13 nitrogen and oxygen atoms in total. The van der Waals surface area contributed by atoms with Gasteiger partial charge in [0.1, 0.15) is 29.0 Å². The summed E-state index contributed by atoms with van der Waals surface area (Å²) >= 11 is 6.25. The molecule has 2 N–H and O–H groups in total. The number of nitrogens with zero attached hydrogens (tertiary/aromatic N) is 5. The van der Waals surface area contributed by atoms with Crippen molar-refractivity contribution < 1.29 is 31.8 Å². The molecule has 5 aromatic rings. The van der Waals surface area contributed by atoms with Crippen molar-refractivity contribution in [1.29, 1.82) is 5.26 Å². The Bertz CT molecular complexity index is 2740. The van der Waals surface area contributed by atoms with Crippen LogP contribution in [0.3, 0.4) is 0 Å². The van der Waals surface area contributed by atoms with Gasteiger partial charge in [-0.25, -0.2) is 22.5 Å². The lowest BCUT2D eigenvalue weighted by Crippen LogP contribution is -2.56. The molecule has 5 heterocycles. The fraction of sp³-hybridized carbons (Fsp3) is 0.408. The third kappa shape index (κ3) is 10.2. The molecular formula is C49H53ClFN7O6S. The lowest BCUT2D eigenvalue weighted by molar-refractivity contribution is -0.202. The Balaban J connectivity index is 0.887. The van der Waals surface area contributed by atoms with Gasteiger partial charge in [0.05, 0.1) is 41.5 Å². The van der Waals surface area contributed by atoms with E-state index >= 15 is 0 Å². The van der Waals surface area contributed by atoms with Crippen LogP contribution in [-0.4, -0.2) is 106 Å². The minimum Gasteiger partial charge on any atom is -0.492 e. The average molecular weight is 923 g/mol. The first-order chi connectivity index (χ1) is 31.3. The van der Waals surface area contributed by atoms with Crippen LogP contribution < -0.4 is 19.1 Å². The molecule has 0 saturated carbocycles. The molecule has 9 rings (SSSR count). The number of carbonyl (C=O) groups excluding carboxylic acids is 1. The number of alkyl halides is 1. The number of fused-ring (bicyclic) bond motifs is 1. The van der Waals surface area contributed by atoms with E-state index in [9.17, 15) is 22.9 Å². The van der Waals surface area contributed by atoms with Gasteiger partial charge in [0.15, 0.2) is 0 Å². The van der Waals surface area contributed by atoms with Crippen LogP contribution in [-0.2, 0) is 14.8 Å². The normalized spacial score (nSPS) is 20.9. The third-order valence-corrected chi connectivity index (χ3v) is 14.9. The number of sulfonamides is 1. The number of halogens is 2. The van der Waals surface area contributed by atoms with Crippen molar-refractivity contribution in [3.63, 3.8) is 0 Å². The summed E-state index contributed by atoms with van der Waals surface area (Å²) in [6.07, 6.45) is 6.89. The number of amides is 1. The van der Waals surface area contributed by atoms with Gasteiger partial charge in [-0.3, -0.25) is 14.6 Å². The lowest BCUT2D eigenvalue weighted by atomic mass is 9.72. The van der Waals surface area contributed by atoms with E-state index in [1.165, 1.54) is 34.9 Å². The number of rotatable bonds is 13. The van der Waals surface area contributed by atoms with Crippen LogP contribution >= 0.6 is 11.6 Å². The van der Waals surface area contributed by atoms with Crippen molar-refractivity contribution in [3.05, 3.63) is 112 Å². The highest BCUT2D eigenvalue weighted by molar-refractivity contribution is 7.90. The fourth-order valence-corrected chi connectivity index (χ4v) is 10.4. The molecule has 340 valence electrons. The number of piperidine rings is 1. The van der Waals surface area contributed by atoms with E-state index in [1.54, 1.807) is 30.6 Å². The maximum Gasteiger partial charge on any atom is 0.268 e. The zero-order valence-electron chi connectivity index (χ0n) is 36.6. The molecule has 65 heavy (non-hydrogen) atoms. The maximum absolute atomic E-state index is 14.0. The Kier molecular flexibility index (Phi) is 12.9. The highest BCUT2D eigenvalue weighted by atomic mass is 35.5. The SMILES string of the molecule is CC1(C)CCC(CN2CCN(c3ccc(C(=O)NS(=O)(=O)c4ccc(OCC5CCN(C6COC6F)CC5)c(C#N)c4)c(Oc4cnc5[nH]ccc5c4)c3)CC2)=C(c2ccc(Cl)cc2)C1. The Labute approximate surface area is 384 Å². The average Bonchev–Trinajstić information content (AvgIpc) is 3.77. The van der Waals surface area contributed by atoms with Crippen molar-refractivity contribution in [2.24, 2.45) is 11.3 Å². The van der Waals surface area contributed by atoms with Crippen LogP contribution in [0.1, 0.15) is 67.4 Å². The number of nitrogens with one attached hydrogen (secondary N) is 2. The molecule has 2 unspecified atom stereocenters. The van der Waals surface area contributed by atoms with Crippen molar-refractivity contribution in [2.75, 3.05) is 63.9 Å². The first-order valence-electron chi connectivity index (χ1n) is 22.2. The van der Waals surface area contributed by atoms with Gasteiger partial charge < -0.3 is 24.1 Å². The lowest BCUT2D eigenvalue weighted by Gasteiger charge is -2.43. The van der Waals surface area contributed by atoms with E-state index in [0.29, 0.717) is 24.6 Å². The second-order valence-electron chi connectivity index (χ2n) is 18.3. The van der Waals surface area contributed by atoms with Crippen molar-refractivity contribution in [1.82, 2.24) is 24.5 Å². The van der Waals surface area contributed by atoms with E-state index < -0.39 is 22.3 Å². The first kappa shape index (κ1) is 44.7. The van der Waals surface area contributed by atoms with Crippen LogP contribution in [0.5, 0.6) is 17.2 Å². The predicted molar refractivity (Wildman–Crippen MR) is 248 cm³/mol. The van der Waals surface area contributed by atoms with Gasteiger partial charge in [-0.15, -0.1) is 0 Å². The number of aromatic amines is 1. The van der Waals surface area contributed by atoms with Gasteiger partial charge >= 0.3 is 0 Å². The zero-order chi connectivity index (χ0) is 45.3. The van der Waals surface area contributed by atoms with Gasteiger partial charge in [0.25, 0.3) is 15.9 Å². The van der Waals surface area contributed by atoms with Crippen LogP contribution in [0, 0.1) is 22.7 Å². The molecule has 2 atom stereocenters. The molecule has 3 saturated heterocycles. The molecule has 3 aliphatic heterocycles. The number of piperazine rings is 1. The molecule has 2 aromatic heterocycles. The number of allylic oxidation sites excluding steroid dienone is 1. The van der Waals surface area contributed by atoms with E-state index in [0.717, 1.165) is 94.0 Å². The topological polar surface area (TPSA) is 153 Å². The van der Waals surface area contributed by atoms with E-state index in [4.69, 9.17) is 25.8 Å². The number of anilines is 1. The molecule has 0 radical (unpaired) electrons. The van der Waals surface area contributed by atoms with Crippen molar-refractivity contribution in [2.45, 2.75) is 63.2 Å². The molecule has 16 heteroatoms. The van der Waals surface area contributed by atoms with Crippen molar-refractivity contribution in [3.8, 4) is 23.3 Å². The summed E-state index contributed by atoms with van der Waals surface area (Å²) in [4.78, 5) is 28.1. The quantitative estimate of drug-likeness (QED) is 0.117. The van der Waals surface area contributed by atoms with Crippen LogP contribution in [0.4, 0.5) is 10.1 Å². The number of carbonyl (C=O) groups is 1. The minimum absolute atomic E-state index is 0.00499. The molecule has 0 bridgehead atoms. The molecule has 3 fully saturated rings. The molecule has 1 aliphatic carbocycles. The number of hydrogen-bond donors (Lipinski definition) is 2. The first-order valence-corrected chi connectivity index (χ1v) is 24.1.